The summed E-state index contributed by atoms with van der Waals surface area (Å²) in [5.74, 6) is 0.240. The van der Waals surface area contributed by atoms with Crippen molar-refractivity contribution < 1.29 is 28.9 Å². The van der Waals surface area contributed by atoms with E-state index in [0.717, 1.165) is 66.4 Å². The van der Waals surface area contributed by atoms with Crippen LogP contribution < -0.4 is 0 Å². The number of hydrogen-bond donors (Lipinski definition) is 0. The first kappa shape index (κ1) is 30.3. The molecule has 0 aliphatic rings. The molecule has 1 radical (unpaired) electrons. The third kappa shape index (κ3) is 5.65. The van der Waals surface area contributed by atoms with Gasteiger partial charge in [-0.15, -0.1) is 35.9 Å². The summed E-state index contributed by atoms with van der Waals surface area (Å²) in [6, 6.07) is 51.4. The van der Waals surface area contributed by atoms with E-state index in [4.69, 9.17) is 8.83 Å². The molecule has 0 amide bonds. The maximum Gasteiger partial charge on any atom is 0.120 e. The molecule has 229 valence electrons. The molecule has 4 nitrogen and oxygen atoms in total. The zero-order valence-electron chi connectivity index (χ0n) is 25.5. The van der Waals surface area contributed by atoms with Crippen molar-refractivity contribution in [2.75, 3.05) is 0 Å². The minimum absolute atomic E-state index is 0. The van der Waals surface area contributed by atoms with Gasteiger partial charge in [0.2, 0.25) is 0 Å². The van der Waals surface area contributed by atoms with Gasteiger partial charge in [0.25, 0.3) is 0 Å². The Labute approximate surface area is 286 Å². The van der Waals surface area contributed by atoms with E-state index >= 15 is 0 Å². The maximum atomic E-state index is 6.29. The van der Waals surface area contributed by atoms with Crippen molar-refractivity contribution in [3.8, 4) is 22.5 Å². The van der Waals surface area contributed by atoms with Gasteiger partial charge in [0, 0.05) is 43.3 Å². The fourth-order valence-electron chi connectivity index (χ4n) is 6.15. The molecule has 0 saturated carbocycles. The molecule has 9 aromatic rings. The molecule has 0 spiro atoms. The van der Waals surface area contributed by atoms with Gasteiger partial charge >= 0.3 is 0 Å². The molecule has 4 aromatic heterocycles. The molecule has 0 aliphatic heterocycles. The van der Waals surface area contributed by atoms with Crippen LogP contribution >= 0.6 is 0 Å². The largest absolute Gasteiger partial charge is 0.501 e. The average Bonchev–Trinajstić information content (AvgIpc) is 3.72. The van der Waals surface area contributed by atoms with Gasteiger partial charge in [-0.1, -0.05) is 120 Å². The van der Waals surface area contributed by atoms with Crippen molar-refractivity contribution in [1.82, 2.24) is 9.97 Å². The Kier molecular flexibility index (Phi) is 8.50. The van der Waals surface area contributed by atoms with E-state index in [1.54, 1.807) is 12.4 Å². The Morgan fingerprint density at radius 3 is 1.81 bits per heavy atom. The molecule has 0 N–H and O–H groups in total. The number of fused-ring (bicyclic) bond motifs is 6. The number of aromatic nitrogens is 2. The molecular weight excluding hydrogens is 757 g/mol. The van der Waals surface area contributed by atoms with E-state index < -0.39 is 0 Å². The van der Waals surface area contributed by atoms with E-state index in [1.807, 2.05) is 78.9 Å². The van der Waals surface area contributed by atoms with Crippen molar-refractivity contribution in [2.24, 2.45) is 0 Å². The summed E-state index contributed by atoms with van der Waals surface area (Å²) in [7, 11) is 0. The second-order valence-corrected chi connectivity index (χ2v) is 11.2. The number of rotatable bonds is 4. The number of hydrogen-bond acceptors (Lipinski definition) is 4. The second kappa shape index (κ2) is 13.2. The Hall–Kier alpha value is -5.35. The SMILES string of the molecule is CC(c1ccccc1)c1c[c-]c(-c2ccccn2)c2oc3ccccc3c12.[Ir].[c-]1ccc2c(oc3ccccc32)c1-c1ccccn1. The molecule has 0 fully saturated rings. The first-order chi connectivity index (χ1) is 22.8. The Bertz CT molecular complexity index is 2430. The van der Waals surface area contributed by atoms with Crippen LogP contribution in [0.25, 0.3) is 66.4 Å². The number of pyridine rings is 2. The van der Waals surface area contributed by atoms with Crippen LogP contribution in [0.15, 0.2) is 155 Å². The van der Waals surface area contributed by atoms with Crippen LogP contribution in [-0.2, 0) is 20.1 Å². The monoisotopic (exact) mass is 785 g/mol. The maximum absolute atomic E-state index is 6.29. The summed E-state index contributed by atoms with van der Waals surface area (Å²) in [6.07, 6.45) is 3.59. The van der Waals surface area contributed by atoms with Crippen molar-refractivity contribution in [2.45, 2.75) is 12.8 Å². The van der Waals surface area contributed by atoms with Crippen molar-refractivity contribution in [3.63, 3.8) is 0 Å². The topological polar surface area (TPSA) is 52.1 Å². The summed E-state index contributed by atoms with van der Waals surface area (Å²) >= 11 is 0. The molecule has 1 unspecified atom stereocenters. The molecular formula is C42H28IrN2O2-2. The zero-order chi connectivity index (χ0) is 30.9. The minimum atomic E-state index is 0. The number of benzene rings is 5. The summed E-state index contributed by atoms with van der Waals surface area (Å²) in [4.78, 5) is 8.89. The zero-order valence-corrected chi connectivity index (χ0v) is 27.9. The Balaban J connectivity index is 0.000000155. The van der Waals surface area contributed by atoms with Crippen LogP contribution in [0.1, 0.15) is 24.0 Å². The fourth-order valence-corrected chi connectivity index (χ4v) is 6.15. The van der Waals surface area contributed by atoms with Crippen LogP contribution in [0, 0.1) is 12.1 Å². The van der Waals surface area contributed by atoms with Crippen molar-refractivity contribution in [1.29, 1.82) is 0 Å². The first-order valence-corrected chi connectivity index (χ1v) is 15.3. The summed E-state index contributed by atoms with van der Waals surface area (Å²) in [5.41, 5.74) is 9.58. The molecule has 0 aliphatic carbocycles. The van der Waals surface area contributed by atoms with Crippen LogP contribution in [-0.4, -0.2) is 9.97 Å². The Morgan fingerprint density at radius 1 is 0.553 bits per heavy atom. The van der Waals surface area contributed by atoms with Gasteiger partial charge in [-0.05, 0) is 47.1 Å². The molecule has 0 bridgehead atoms. The molecule has 5 heteroatoms. The van der Waals surface area contributed by atoms with Crippen LogP contribution in [0.3, 0.4) is 0 Å². The van der Waals surface area contributed by atoms with Gasteiger partial charge in [0.1, 0.15) is 11.2 Å². The predicted octanol–water partition coefficient (Wildman–Crippen LogP) is 11.0. The van der Waals surface area contributed by atoms with Crippen molar-refractivity contribution in [3.05, 3.63) is 169 Å². The van der Waals surface area contributed by atoms with E-state index in [9.17, 15) is 0 Å². The van der Waals surface area contributed by atoms with E-state index in [2.05, 4.69) is 83.6 Å². The van der Waals surface area contributed by atoms with Crippen LogP contribution in [0.5, 0.6) is 0 Å². The van der Waals surface area contributed by atoms with E-state index in [1.165, 1.54) is 11.1 Å². The molecule has 9 rings (SSSR count). The molecule has 1 atom stereocenters. The minimum Gasteiger partial charge on any atom is -0.501 e. The molecule has 47 heavy (non-hydrogen) atoms. The molecule has 0 saturated heterocycles. The summed E-state index contributed by atoms with van der Waals surface area (Å²) in [6.45, 7) is 2.24. The van der Waals surface area contributed by atoms with Gasteiger partial charge in [-0.25, -0.2) is 0 Å². The van der Waals surface area contributed by atoms with Crippen molar-refractivity contribution >= 4 is 43.9 Å². The first-order valence-electron chi connectivity index (χ1n) is 15.3. The molecule has 5 aromatic carbocycles. The summed E-state index contributed by atoms with van der Waals surface area (Å²) in [5, 5.41) is 4.52. The van der Waals surface area contributed by atoms with E-state index in [-0.39, 0.29) is 26.0 Å². The van der Waals surface area contributed by atoms with Gasteiger partial charge < -0.3 is 18.8 Å². The smallest absolute Gasteiger partial charge is 0.120 e. The number of para-hydroxylation sites is 2. The fraction of sp³-hybridized carbons (Fsp3) is 0.0476. The standard InChI is InChI=1S/C25H18NO.C17H10NO.Ir/c1-17(18-9-3-2-4-10-18)19-14-15-20(22-12-7-8-16-26-22)25-24(19)21-11-5-6-13-23(21)27-25;1-2-10-16-12(6-1)13-7-5-8-14(17(13)19-16)15-9-3-4-11-18-15;/h2-14,16-17H,1H3;1-7,9-11H;/q2*-1;. The second-order valence-electron chi connectivity index (χ2n) is 11.2. The number of furan rings is 2. The number of nitrogens with zero attached hydrogens (tertiary/aromatic N) is 2. The van der Waals surface area contributed by atoms with Gasteiger partial charge in [0.15, 0.2) is 0 Å². The third-order valence-corrected chi connectivity index (χ3v) is 8.43. The molecule has 4 heterocycles. The summed E-state index contributed by atoms with van der Waals surface area (Å²) < 4.78 is 12.3. The van der Waals surface area contributed by atoms with E-state index in [0.29, 0.717) is 0 Å². The van der Waals surface area contributed by atoms with Crippen LogP contribution in [0.2, 0.25) is 0 Å². The third-order valence-electron chi connectivity index (χ3n) is 8.43. The van der Waals surface area contributed by atoms with Gasteiger partial charge in [-0.3, -0.25) is 0 Å². The quantitative estimate of drug-likeness (QED) is 0.167. The Morgan fingerprint density at radius 2 is 1.13 bits per heavy atom. The van der Waals surface area contributed by atoms with Gasteiger partial charge in [0.05, 0.1) is 11.2 Å². The average molecular weight is 785 g/mol. The normalized spacial score (nSPS) is 11.7. The van der Waals surface area contributed by atoms with Crippen LogP contribution in [0.4, 0.5) is 0 Å². The predicted molar refractivity (Wildman–Crippen MR) is 186 cm³/mol. The van der Waals surface area contributed by atoms with Gasteiger partial charge in [-0.2, -0.15) is 0 Å².